The Hall–Kier alpha value is -2.16. The fraction of sp³-hybridized carbons (Fsp3) is 0.556. The topological polar surface area (TPSA) is 6.48 Å². The van der Waals surface area contributed by atoms with Crippen LogP contribution < -0.4 is 0 Å². The Morgan fingerprint density at radius 1 is 0.974 bits per heavy atom. The third kappa shape index (κ3) is 6.69. The molecule has 2 unspecified atom stereocenters. The normalized spacial score (nSPS) is 23.0. The first-order valence-corrected chi connectivity index (χ1v) is 15.5. The molecule has 0 aromatic heterocycles. The van der Waals surface area contributed by atoms with Crippen LogP contribution in [0.1, 0.15) is 93.4 Å². The number of nitrogens with zero attached hydrogens (tertiary/aromatic N) is 2. The van der Waals surface area contributed by atoms with Crippen molar-refractivity contribution in [1.29, 1.82) is 0 Å². The molecule has 2 atom stereocenters. The number of rotatable bonds is 10. The average molecular weight is 511 g/mol. The molecule has 0 saturated carbocycles. The van der Waals surface area contributed by atoms with E-state index in [1.807, 2.05) is 0 Å². The highest BCUT2D eigenvalue weighted by Crippen LogP contribution is 2.40. The second kappa shape index (κ2) is 12.8. The van der Waals surface area contributed by atoms with Crippen molar-refractivity contribution < 1.29 is 0 Å². The van der Waals surface area contributed by atoms with Crippen LogP contribution in [0, 0.1) is 11.8 Å². The van der Waals surface area contributed by atoms with Crippen molar-refractivity contribution in [2.24, 2.45) is 11.8 Å². The molecule has 0 spiro atoms. The van der Waals surface area contributed by atoms with Gasteiger partial charge in [0.25, 0.3) is 0 Å². The number of hydrogen-bond acceptors (Lipinski definition) is 2. The molecule has 2 fully saturated rings. The summed E-state index contributed by atoms with van der Waals surface area (Å²) in [7, 11) is 2.31. The summed E-state index contributed by atoms with van der Waals surface area (Å²) < 4.78 is 0. The Kier molecular flexibility index (Phi) is 9.23. The van der Waals surface area contributed by atoms with Gasteiger partial charge in [-0.1, -0.05) is 81.5 Å². The molecule has 1 aliphatic carbocycles. The van der Waals surface area contributed by atoms with Gasteiger partial charge in [0.2, 0.25) is 0 Å². The van der Waals surface area contributed by atoms with Crippen molar-refractivity contribution in [3.05, 3.63) is 83.4 Å². The molecular formula is C36H50N2. The summed E-state index contributed by atoms with van der Waals surface area (Å²) in [5.41, 5.74) is 8.78. The first-order chi connectivity index (χ1) is 18.5. The molecule has 2 heteroatoms. The molecule has 2 aromatic carbocycles. The van der Waals surface area contributed by atoms with Crippen LogP contribution in [0.25, 0.3) is 11.1 Å². The lowest BCUT2D eigenvalue weighted by molar-refractivity contribution is 0.174. The molecule has 2 aromatic rings. The fourth-order valence-corrected chi connectivity index (χ4v) is 7.21. The van der Waals surface area contributed by atoms with Gasteiger partial charge in [-0.3, -0.25) is 4.90 Å². The summed E-state index contributed by atoms with van der Waals surface area (Å²) in [5.74, 6) is 2.03. The number of hydrogen-bond donors (Lipinski definition) is 0. The highest BCUT2D eigenvalue weighted by molar-refractivity contribution is 5.76. The Morgan fingerprint density at radius 2 is 1.79 bits per heavy atom. The van der Waals surface area contributed by atoms with Crippen molar-refractivity contribution in [2.45, 2.75) is 83.6 Å². The van der Waals surface area contributed by atoms with Crippen molar-refractivity contribution in [3.8, 4) is 0 Å². The maximum absolute atomic E-state index is 4.48. The SMILES string of the molecule is C=C(CCCC1CCCCN1C)c1cccc(CC2CCN(CC3=CC(C(C)C)c4ccccc43)CC2)c1. The largest absolute Gasteiger partial charge is 0.303 e. The van der Waals surface area contributed by atoms with Gasteiger partial charge in [-0.05, 0) is 123 Å². The van der Waals surface area contributed by atoms with E-state index < -0.39 is 0 Å². The molecule has 2 heterocycles. The smallest absolute Gasteiger partial charge is 0.0236 e. The predicted octanol–water partition coefficient (Wildman–Crippen LogP) is 8.45. The lowest BCUT2D eigenvalue weighted by atomic mass is 9.88. The molecule has 3 aliphatic rings. The summed E-state index contributed by atoms with van der Waals surface area (Å²) in [4.78, 5) is 5.27. The van der Waals surface area contributed by atoms with E-state index in [0.717, 1.165) is 24.9 Å². The van der Waals surface area contributed by atoms with Gasteiger partial charge in [-0.25, -0.2) is 0 Å². The zero-order valence-corrected chi connectivity index (χ0v) is 24.3. The molecule has 0 amide bonds. The van der Waals surface area contributed by atoms with Crippen LogP contribution in [-0.2, 0) is 6.42 Å². The zero-order chi connectivity index (χ0) is 26.5. The van der Waals surface area contributed by atoms with Gasteiger partial charge >= 0.3 is 0 Å². The maximum Gasteiger partial charge on any atom is 0.0236 e. The van der Waals surface area contributed by atoms with Gasteiger partial charge in [-0.15, -0.1) is 0 Å². The number of piperidine rings is 2. The van der Waals surface area contributed by atoms with E-state index in [1.165, 1.54) is 98.8 Å². The third-order valence-electron chi connectivity index (χ3n) is 9.66. The van der Waals surface area contributed by atoms with E-state index in [1.54, 1.807) is 5.57 Å². The van der Waals surface area contributed by atoms with Crippen molar-refractivity contribution >= 4 is 11.1 Å². The summed E-state index contributed by atoms with van der Waals surface area (Å²) in [5, 5.41) is 0. The molecule has 0 N–H and O–H groups in total. The second-order valence-corrected chi connectivity index (χ2v) is 12.8. The maximum atomic E-state index is 4.48. The van der Waals surface area contributed by atoms with E-state index in [2.05, 4.69) is 91.9 Å². The Labute approximate surface area is 232 Å². The summed E-state index contributed by atoms with van der Waals surface area (Å²) in [6, 6.07) is 19.2. The van der Waals surface area contributed by atoms with E-state index in [9.17, 15) is 0 Å². The summed E-state index contributed by atoms with van der Waals surface area (Å²) in [6.07, 6.45) is 14.2. The van der Waals surface area contributed by atoms with E-state index >= 15 is 0 Å². The van der Waals surface area contributed by atoms with E-state index in [0.29, 0.717) is 11.8 Å². The number of allylic oxidation sites excluding steroid dienone is 2. The Balaban J connectivity index is 1.09. The van der Waals surface area contributed by atoms with Crippen molar-refractivity contribution in [3.63, 3.8) is 0 Å². The van der Waals surface area contributed by atoms with E-state index in [4.69, 9.17) is 0 Å². The number of fused-ring (bicyclic) bond motifs is 1. The predicted molar refractivity (Wildman–Crippen MR) is 164 cm³/mol. The fourth-order valence-electron chi connectivity index (χ4n) is 7.21. The lowest BCUT2D eigenvalue weighted by Crippen LogP contribution is -2.35. The molecule has 2 aliphatic heterocycles. The Morgan fingerprint density at radius 3 is 2.58 bits per heavy atom. The molecule has 5 rings (SSSR count). The average Bonchev–Trinajstić information content (AvgIpc) is 3.30. The first-order valence-electron chi connectivity index (χ1n) is 15.5. The van der Waals surface area contributed by atoms with Crippen LogP contribution in [0.3, 0.4) is 0 Å². The minimum absolute atomic E-state index is 0.578. The van der Waals surface area contributed by atoms with Gasteiger partial charge in [0, 0.05) is 18.5 Å². The van der Waals surface area contributed by atoms with Crippen LogP contribution in [0.2, 0.25) is 0 Å². The molecule has 204 valence electrons. The zero-order valence-electron chi connectivity index (χ0n) is 24.3. The molecule has 2 nitrogen and oxygen atoms in total. The van der Waals surface area contributed by atoms with E-state index in [-0.39, 0.29) is 0 Å². The third-order valence-corrected chi connectivity index (χ3v) is 9.66. The van der Waals surface area contributed by atoms with Crippen LogP contribution in [-0.4, -0.2) is 49.1 Å². The molecule has 38 heavy (non-hydrogen) atoms. The minimum Gasteiger partial charge on any atom is -0.303 e. The molecule has 0 radical (unpaired) electrons. The Bertz CT molecular complexity index is 1100. The van der Waals surface area contributed by atoms with Gasteiger partial charge < -0.3 is 4.90 Å². The molecule has 2 saturated heterocycles. The van der Waals surface area contributed by atoms with Gasteiger partial charge in [-0.2, -0.15) is 0 Å². The quantitative estimate of drug-likeness (QED) is 0.316. The van der Waals surface area contributed by atoms with Crippen LogP contribution in [0.15, 0.2) is 61.2 Å². The lowest BCUT2D eigenvalue weighted by Gasteiger charge is -2.32. The molecule has 0 bridgehead atoms. The van der Waals surface area contributed by atoms with Crippen LogP contribution in [0.4, 0.5) is 0 Å². The van der Waals surface area contributed by atoms with Crippen LogP contribution in [0.5, 0.6) is 0 Å². The second-order valence-electron chi connectivity index (χ2n) is 12.8. The van der Waals surface area contributed by atoms with Crippen molar-refractivity contribution in [2.75, 3.05) is 33.2 Å². The monoisotopic (exact) mass is 510 g/mol. The van der Waals surface area contributed by atoms with Gasteiger partial charge in [0.1, 0.15) is 0 Å². The highest BCUT2D eigenvalue weighted by Gasteiger charge is 2.27. The van der Waals surface area contributed by atoms with Crippen molar-refractivity contribution in [1.82, 2.24) is 9.80 Å². The van der Waals surface area contributed by atoms with Crippen LogP contribution >= 0.6 is 0 Å². The van der Waals surface area contributed by atoms with Gasteiger partial charge in [0.05, 0.1) is 0 Å². The standard InChI is InChI=1S/C36H50N2/c1-27(2)36-25-32(34-16-5-6-17-35(34)36)26-38-21-18-29(19-22-38)23-30-12-10-13-31(24-30)28(3)11-9-15-33-14-7-8-20-37(33)4/h5-6,10,12-13,16-17,24-25,27,29,33,36H,3,7-9,11,14-15,18-23,26H2,1-2,4H3. The number of likely N-dealkylation sites (tertiary alicyclic amines) is 2. The van der Waals surface area contributed by atoms with Gasteiger partial charge in [0.15, 0.2) is 0 Å². The summed E-state index contributed by atoms with van der Waals surface area (Å²) in [6.45, 7) is 14.0. The first kappa shape index (κ1) is 27.4. The number of benzene rings is 2. The summed E-state index contributed by atoms with van der Waals surface area (Å²) >= 11 is 0. The minimum atomic E-state index is 0.578. The highest BCUT2D eigenvalue weighted by atomic mass is 15.1. The molecular weight excluding hydrogens is 460 g/mol.